The predicted molar refractivity (Wildman–Crippen MR) is 79.9 cm³/mol. The molecule has 3 rings (SSSR count). The van der Waals surface area contributed by atoms with Crippen LogP contribution in [0.4, 0.5) is 0 Å². The number of nitrogens with zero attached hydrogens (tertiary/aromatic N) is 1. The van der Waals surface area contributed by atoms with Crippen molar-refractivity contribution in [2.45, 2.75) is 50.6 Å². The summed E-state index contributed by atoms with van der Waals surface area (Å²) in [6, 6.07) is 2.92. The van der Waals surface area contributed by atoms with Gasteiger partial charge in [0.2, 0.25) is 0 Å². The summed E-state index contributed by atoms with van der Waals surface area (Å²) < 4.78 is 6.74. The minimum atomic E-state index is 0.232. The van der Waals surface area contributed by atoms with Crippen LogP contribution in [-0.2, 0) is 0 Å². The Morgan fingerprint density at radius 3 is 2.84 bits per heavy atom. The van der Waals surface area contributed by atoms with Crippen molar-refractivity contribution in [2.75, 3.05) is 13.1 Å². The first-order chi connectivity index (χ1) is 9.31. The molecule has 1 aliphatic carbocycles. The number of hydrogen-bond acceptors (Lipinski definition) is 3. The summed E-state index contributed by atoms with van der Waals surface area (Å²) in [5.74, 6) is 1.89. The highest BCUT2D eigenvalue weighted by Crippen LogP contribution is 2.40. The zero-order valence-corrected chi connectivity index (χ0v) is 12.9. The fraction of sp³-hybridized carbons (Fsp3) is 0.733. The molecule has 0 bridgehead atoms. The number of piperidine rings is 1. The molecule has 1 aromatic heterocycles. The van der Waals surface area contributed by atoms with E-state index in [4.69, 9.17) is 10.2 Å². The Balaban J connectivity index is 1.83. The van der Waals surface area contributed by atoms with Crippen molar-refractivity contribution >= 4 is 15.9 Å². The molecule has 2 fully saturated rings. The van der Waals surface area contributed by atoms with Crippen LogP contribution in [0.5, 0.6) is 0 Å². The van der Waals surface area contributed by atoms with Gasteiger partial charge in [0.15, 0.2) is 0 Å². The van der Waals surface area contributed by atoms with E-state index in [1.807, 2.05) is 6.07 Å². The van der Waals surface area contributed by atoms with Crippen molar-refractivity contribution in [3.05, 3.63) is 22.6 Å². The maximum absolute atomic E-state index is 6.06. The zero-order valence-electron chi connectivity index (χ0n) is 11.4. The van der Waals surface area contributed by atoms with E-state index in [1.54, 1.807) is 6.26 Å². The maximum Gasteiger partial charge on any atom is 0.136 e. The van der Waals surface area contributed by atoms with E-state index >= 15 is 0 Å². The van der Waals surface area contributed by atoms with Crippen LogP contribution < -0.4 is 5.73 Å². The van der Waals surface area contributed by atoms with Crippen molar-refractivity contribution < 1.29 is 4.42 Å². The standard InChI is InChI=1S/C15H23BrN2O/c16-12-7-9-19-15(12)14(10-17)18-8-3-5-11-4-1-2-6-13(11)18/h7,9,11,13-14H,1-6,8,10,17H2. The summed E-state index contributed by atoms with van der Waals surface area (Å²) in [7, 11) is 0. The summed E-state index contributed by atoms with van der Waals surface area (Å²) in [6.45, 7) is 1.80. The lowest BCUT2D eigenvalue weighted by atomic mass is 9.77. The molecule has 2 heterocycles. The van der Waals surface area contributed by atoms with Crippen LogP contribution >= 0.6 is 15.9 Å². The molecule has 2 aliphatic rings. The number of likely N-dealkylation sites (tertiary alicyclic amines) is 1. The van der Waals surface area contributed by atoms with Crippen molar-refractivity contribution in [1.82, 2.24) is 4.90 Å². The lowest BCUT2D eigenvalue weighted by Crippen LogP contribution is -2.49. The van der Waals surface area contributed by atoms with E-state index in [1.165, 1.54) is 38.5 Å². The topological polar surface area (TPSA) is 42.4 Å². The molecule has 1 aromatic rings. The third kappa shape index (κ3) is 2.63. The minimum absolute atomic E-state index is 0.232. The smallest absolute Gasteiger partial charge is 0.136 e. The molecule has 3 nitrogen and oxygen atoms in total. The summed E-state index contributed by atoms with van der Waals surface area (Å²) >= 11 is 3.59. The van der Waals surface area contributed by atoms with E-state index in [0.717, 1.165) is 22.7 Å². The van der Waals surface area contributed by atoms with Gasteiger partial charge in [0.05, 0.1) is 16.8 Å². The lowest BCUT2D eigenvalue weighted by molar-refractivity contribution is 0.0204. The van der Waals surface area contributed by atoms with Gasteiger partial charge in [0, 0.05) is 12.6 Å². The second-order valence-electron chi connectivity index (χ2n) is 5.88. The van der Waals surface area contributed by atoms with Crippen LogP contribution in [-0.4, -0.2) is 24.0 Å². The average molecular weight is 327 g/mol. The third-order valence-corrected chi connectivity index (χ3v) is 5.51. The lowest BCUT2D eigenvalue weighted by Gasteiger charge is -2.47. The quantitative estimate of drug-likeness (QED) is 0.920. The van der Waals surface area contributed by atoms with Crippen molar-refractivity contribution in [3.63, 3.8) is 0 Å². The molecule has 0 spiro atoms. The summed E-state index contributed by atoms with van der Waals surface area (Å²) in [6.07, 6.45) is 9.97. The van der Waals surface area contributed by atoms with Crippen LogP contribution in [0.2, 0.25) is 0 Å². The number of hydrogen-bond donors (Lipinski definition) is 1. The maximum atomic E-state index is 6.06. The molecule has 106 valence electrons. The Labute approximate surface area is 123 Å². The van der Waals surface area contributed by atoms with Crippen LogP contribution in [0.3, 0.4) is 0 Å². The number of halogens is 1. The van der Waals surface area contributed by atoms with Gasteiger partial charge in [-0.15, -0.1) is 0 Å². The first-order valence-electron chi connectivity index (χ1n) is 7.50. The van der Waals surface area contributed by atoms with Crippen molar-refractivity contribution in [1.29, 1.82) is 0 Å². The zero-order chi connectivity index (χ0) is 13.2. The van der Waals surface area contributed by atoms with Gasteiger partial charge in [0.1, 0.15) is 5.76 Å². The summed E-state index contributed by atoms with van der Waals surface area (Å²) in [5.41, 5.74) is 6.06. The molecule has 0 radical (unpaired) electrons. The molecule has 19 heavy (non-hydrogen) atoms. The van der Waals surface area contributed by atoms with Gasteiger partial charge in [-0.25, -0.2) is 0 Å². The van der Waals surface area contributed by atoms with E-state index in [2.05, 4.69) is 20.8 Å². The monoisotopic (exact) mass is 326 g/mol. The van der Waals surface area contributed by atoms with Gasteiger partial charge in [-0.1, -0.05) is 12.8 Å². The Morgan fingerprint density at radius 2 is 2.11 bits per heavy atom. The van der Waals surface area contributed by atoms with Gasteiger partial charge in [-0.2, -0.15) is 0 Å². The molecule has 0 amide bonds. The molecular formula is C15H23BrN2O. The second kappa shape index (κ2) is 5.98. The molecule has 4 heteroatoms. The van der Waals surface area contributed by atoms with Gasteiger partial charge >= 0.3 is 0 Å². The molecule has 2 N–H and O–H groups in total. The minimum Gasteiger partial charge on any atom is -0.466 e. The number of fused-ring (bicyclic) bond motifs is 1. The number of nitrogens with two attached hydrogens (primary N) is 1. The van der Waals surface area contributed by atoms with E-state index in [-0.39, 0.29) is 6.04 Å². The van der Waals surface area contributed by atoms with Gasteiger partial charge in [0.25, 0.3) is 0 Å². The third-order valence-electron chi connectivity index (χ3n) is 4.86. The van der Waals surface area contributed by atoms with Crippen LogP contribution in [0.25, 0.3) is 0 Å². The van der Waals surface area contributed by atoms with Gasteiger partial charge < -0.3 is 10.2 Å². The normalized spacial score (nSPS) is 30.0. The largest absolute Gasteiger partial charge is 0.466 e. The molecule has 1 aliphatic heterocycles. The summed E-state index contributed by atoms with van der Waals surface area (Å²) in [5, 5.41) is 0. The van der Waals surface area contributed by atoms with E-state index in [9.17, 15) is 0 Å². The highest BCUT2D eigenvalue weighted by molar-refractivity contribution is 9.10. The first-order valence-corrected chi connectivity index (χ1v) is 8.29. The van der Waals surface area contributed by atoms with Crippen molar-refractivity contribution in [2.24, 2.45) is 11.7 Å². The van der Waals surface area contributed by atoms with E-state index in [0.29, 0.717) is 12.6 Å². The first kappa shape index (κ1) is 13.7. The number of furan rings is 1. The van der Waals surface area contributed by atoms with E-state index < -0.39 is 0 Å². The molecule has 0 aromatic carbocycles. The highest BCUT2D eigenvalue weighted by atomic mass is 79.9. The SMILES string of the molecule is NCC(c1occc1Br)N1CCCC2CCCCC21. The Bertz CT molecular complexity index is 418. The molecule has 1 saturated carbocycles. The van der Waals surface area contributed by atoms with Gasteiger partial charge in [-0.3, -0.25) is 4.90 Å². The average Bonchev–Trinajstić information content (AvgIpc) is 2.86. The van der Waals surface area contributed by atoms with Gasteiger partial charge in [-0.05, 0) is 60.1 Å². The molecule has 3 atom stereocenters. The Morgan fingerprint density at radius 1 is 1.32 bits per heavy atom. The van der Waals surface area contributed by atoms with Crippen molar-refractivity contribution in [3.8, 4) is 0 Å². The molecule has 3 unspecified atom stereocenters. The molecular weight excluding hydrogens is 304 g/mol. The summed E-state index contributed by atoms with van der Waals surface area (Å²) in [4.78, 5) is 2.62. The van der Waals surface area contributed by atoms with Crippen LogP contribution in [0.15, 0.2) is 21.2 Å². The van der Waals surface area contributed by atoms with Crippen LogP contribution in [0, 0.1) is 5.92 Å². The fourth-order valence-corrected chi connectivity index (χ4v) is 4.45. The Kier molecular flexibility index (Phi) is 4.30. The molecule has 1 saturated heterocycles. The number of rotatable bonds is 3. The second-order valence-corrected chi connectivity index (χ2v) is 6.73. The fourth-order valence-electron chi connectivity index (χ4n) is 3.99. The highest BCUT2D eigenvalue weighted by Gasteiger charge is 2.38. The predicted octanol–water partition coefficient (Wildman–Crippen LogP) is 3.70. The Hall–Kier alpha value is -0.320. The van der Waals surface area contributed by atoms with Crippen LogP contribution in [0.1, 0.15) is 50.3 Å².